The first-order valence-electron chi connectivity index (χ1n) is 8.25. The summed E-state index contributed by atoms with van der Waals surface area (Å²) < 4.78 is 0. The van der Waals surface area contributed by atoms with Crippen molar-refractivity contribution in [1.29, 1.82) is 0 Å². The van der Waals surface area contributed by atoms with Crippen LogP contribution in [0.15, 0.2) is 5.38 Å². The molecule has 1 heterocycles. The van der Waals surface area contributed by atoms with Gasteiger partial charge >= 0.3 is 6.03 Å². The highest BCUT2D eigenvalue weighted by Crippen LogP contribution is 2.40. The Kier molecular flexibility index (Phi) is 4.98. The topological polar surface area (TPSA) is 65.5 Å². The first-order chi connectivity index (χ1) is 10.6. The average molecular weight is 323 g/mol. The van der Waals surface area contributed by atoms with Crippen LogP contribution in [0.2, 0.25) is 0 Å². The molecule has 2 N–H and O–H groups in total. The zero-order valence-electron chi connectivity index (χ0n) is 13.1. The molecule has 0 unspecified atom stereocenters. The monoisotopic (exact) mass is 323 g/mol. The molecule has 0 spiro atoms. The summed E-state index contributed by atoms with van der Waals surface area (Å²) >= 11 is 1.70. The molecule has 0 radical (unpaired) electrons. The second-order valence-corrected chi connectivity index (χ2v) is 7.50. The van der Waals surface area contributed by atoms with E-state index in [1.807, 2.05) is 0 Å². The average Bonchev–Trinajstić information content (AvgIpc) is 3.12. The zero-order chi connectivity index (χ0) is 15.5. The lowest BCUT2D eigenvalue weighted by atomic mass is 10.1. The van der Waals surface area contributed by atoms with Gasteiger partial charge in [0.15, 0.2) is 0 Å². The Morgan fingerprint density at radius 3 is 2.95 bits per heavy atom. The number of amides is 2. The summed E-state index contributed by atoms with van der Waals surface area (Å²) in [6.07, 6.45) is 6.05. The molecule has 122 valence electrons. The standard InChI is InChI=1S/C16H25N3O2S/c1-19(9-12-3-2-4-14(12)20)16(21)17-8-7-15-18-13(10-22-15)11-5-6-11/h10-12,14,20H,2-9H2,1H3,(H,17,21)/t12-,14+/m0/s1. The van der Waals surface area contributed by atoms with Gasteiger partial charge in [0.05, 0.1) is 16.8 Å². The fourth-order valence-electron chi connectivity index (χ4n) is 3.08. The molecule has 3 rings (SSSR count). The Labute approximate surface area is 135 Å². The fraction of sp³-hybridized carbons (Fsp3) is 0.750. The molecule has 2 fully saturated rings. The van der Waals surface area contributed by atoms with Gasteiger partial charge in [-0.3, -0.25) is 0 Å². The number of carbonyl (C=O) groups is 1. The summed E-state index contributed by atoms with van der Waals surface area (Å²) in [5.74, 6) is 0.930. The maximum atomic E-state index is 12.1. The van der Waals surface area contributed by atoms with Crippen LogP contribution in [0.3, 0.4) is 0 Å². The second-order valence-electron chi connectivity index (χ2n) is 6.56. The third-order valence-electron chi connectivity index (χ3n) is 4.65. The lowest BCUT2D eigenvalue weighted by Gasteiger charge is -2.23. The van der Waals surface area contributed by atoms with Crippen molar-refractivity contribution in [3.05, 3.63) is 16.1 Å². The van der Waals surface area contributed by atoms with Crippen molar-refractivity contribution in [2.24, 2.45) is 5.92 Å². The van der Waals surface area contributed by atoms with E-state index < -0.39 is 0 Å². The number of aromatic nitrogens is 1. The largest absolute Gasteiger partial charge is 0.393 e. The summed E-state index contributed by atoms with van der Waals surface area (Å²) in [6.45, 7) is 1.25. The minimum Gasteiger partial charge on any atom is -0.393 e. The van der Waals surface area contributed by atoms with E-state index in [0.29, 0.717) is 19.0 Å². The number of aliphatic hydroxyl groups is 1. The fourth-order valence-corrected chi connectivity index (χ4v) is 3.96. The molecule has 0 saturated heterocycles. The number of hydrogen-bond acceptors (Lipinski definition) is 4. The molecular formula is C16H25N3O2S. The van der Waals surface area contributed by atoms with Gasteiger partial charge < -0.3 is 15.3 Å². The molecule has 1 aromatic rings. The third-order valence-corrected chi connectivity index (χ3v) is 5.58. The molecular weight excluding hydrogens is 298 g/mol. The molecule has 2 atom stereocenters. The van der Waals surface area contributed by atoms with Gasteiger partial charge in [-0.15, -0.1) is 11.3 Å². The van der Waals surface area contributed by atoms with Gasteiger partial charge in [0.1, 0.15) is 0 Å². The highest BCUT2D eigenvalue weighted by Gasteiger charge is 2.27. The predicted octanol–water partition coefficient (Wildman–Crippen LogP) is 2.37. The SMILES string of the molecule is CN(C[C@@H]1CCC[C@H]1O)C(=O)NCCc1nc(C2CC2)cs1. The summed E-state index contributed by atoms with van der Waals surface area (Å²) in [7, 11) is 1.80. The van der Waals surface area contributed by atoms with Crippen molar-refractivity contribution in [3.63, 3.8) is 0 Å². The number of nitrogens with one attached hydrogen (secondary N) is 1. The minimum absolute atomic E-state index is 0.0573. The number of carbonyl (C=O) groups excluding carboxylic acids is 1. The van der Waals surface area contributed by atoms with Crippen LogP contribution in [0.25, 0.3) is 0 Å². The van der Waals surface area contributed by atoms with Crippen LogP contribution in [0.4, 0.5) is 4.79 Å². The highest BCUT2D eigenvalue weighted by atomic mass is 32.1. The predicted molar refractivity (Wildman–Crippen MR) is 87.2 cm³/mol. The molecule has 2 aliphatic rings. The molecule has 0 aromatic carbocycles. The number of rotatable bonds is 6. The van der Waals surface area contributed by atoms with Crippen LogP contribution in [0.5, 0.6) is 0 Å². The van der Waals surface area contributed by atoms with Crippen molar-refractivity contribution in [3.8, 4) is 0 Å². The van der Waals surface area contributed by atoms with Crippen LogP contribution >= 0.6 is 11.3 Å². The van der Waals surface area contributed by atoms with Gasteiger partial charge in [0, 0.05) is 43.8 Å². The van der Waals surface area contributed by atoms with Crippen LogP contribution in [0.1, 0.15) is 48.7 Å². The maximum Gasteiger partial charge on any atom is 0.317 e. The van der Waals surface area contributed by atoms with E-state index in [9.17, 15) is 9.90 Å². The maximum absolute atomic E-state index is 12.1. The molecule has 2 amide bonds. The second kappa shape index (κ2) is 6.96. The summed E-state index contributed by atoms with van der Waals surface area (Å²) in [5.41, 5.74) is 1.23. The smallest absolute Gasteiger partial charge is 0.317 e. The Balaban J connectivity index is 1.37. The van der Waals surface area contributed by atoms with Crippen LogP contribution in [-0.2, 0) is 6.42 Å². The molecule has 22 heavy (non-hydrogen) atoms. The van der Waals surface area contributed by atoms with E-state index in [1.54, 1.807) is 23.3 Å². The Morgan fingerprint density at radius 2 is 2.27 bits per heavy atom. The van der Waals surface area contributed by atoms with Gasteiger partial charge in [-0.25, -0.2) is 9.78 Å². The number of hydrogen-bond donors (Lipinski definition) is 2. The quantitative estimate of drug-likeness (QED) is 0.844. The molecule has 0 bridgehead atoms. The van der Waals surface area contributed by atoms with E-state index in [1.165, 1.54) is 18.5 Å². The lowest BCUT2D eigenvalue weighted by Crippen LogP contribution is -2.41. The van der Waals surface area contributed by atoms with E-state index in [-0.39, 0.29) is 18.1 Å². The van der Waals surface area contributed by atoms with Crippen molar-refractivity contribution >= 4 is 17.4 Å². The van der Waals surface area contributed by atoms with Crippen molar-refractivity contribution in [2.75, 3.05) is 20.1 Å². The summed E-state index contributed by atoms with van der Waals surface area (Å²) in [4.78, 5) is 18.4. The van der Waals surface area contributed by atoms with E-state index in [2.05, 4.69) is 15.7 Å². The summed E-state index contributed by atoms with van der Waals surface area (Å²) in [5, 5.41) is 16.0. The first kappa shape index (κ1) is 15.7. The zero-order valence-corrected chi connectivity index (χ0v) is 13.9. The Bertz CT molecular complexity index is 515. The third kappa shape index (κ3) is 3.98. The van der Waals surface area contributed by atoms with Gasteiger partial charge in [-0.05, 0) is 25.7 Å². The number of nitrogens with zero attached hydrogens (tertiary/aromatic N) is 2. The molecule has 2 saturated carbocycles. The van der Waals surface area contributed by atoms with Crippen molar-refractivity contribution < 1.29 is 9.90 Å². The molecule has 6 heteroatoms. The van der Waals surface area contributed by atoms with Gasteiger partial charge in [-0.2, -0.15) is 0 Å². The lowest BCUT2D eigenvalue weighted by molar-refractivity contribution is 0.114. The van der Waals surface area contributed by atoms with Crippen LogP contribution in [0, 0.1) is 5.92 Å². The van der Waals surface area contributed by atoms with Gasteiger partial charge in [0.2, 0.25) is 0 Å². The van der Waals surface area contributed by atoms with Crippen molar-refractivity contribution in [1.82, 2.24) is 15.2 Å². The first-order valence-corrected chi connectivity index (χ1v) is 9.13. The van der Waals surface area contributed by atoms with Gasteiger partial charge in [-0.1, -0.05) is 6.42 Å². The van der Waals surface area contributed by atoms with E-state index in [0.717, 1.165) is 30.7 Å². The molecule has 1 aromatic heterocycles. The van der Waals surface area contributed by atoms with E-state index >= 15 is 0 Å². The Morgan fingerprint density at radius 1 is 1.45 bits per heavy atom. The molecule has 0 aliphatic heterocycles. The minimum atomic E-state index is -0.244. The Hall–Kier alpha value is -1.14. The number of thiazole rings is 1. The van der Waals surface area contributed by atoms with Crippen LogP contribution in [-0.4, -0.2) is 47.3 Å². The number of urea groups is 1. The normalized spacial score (nSPS) is 24.5. The van der Waals surface area contributed by atoms with Gasteiger partial charge in [0.25, 0.3) is 0 Å². The summed E-state index contributed by atoms with van der Waals surface area (Å²) in [6, 6.07) is -0.0573. The van der Waals surface area contributed by atoms with Crippen LogP contribution < -0.4 is 5.32 Å². The molecule has 5 nitrogen and oxygen atoms in total. The number of aliphatic hydroxyl groups excluding tert-OH is 1. The highest BCUT2D eigenvalue weighted by molar-refractivity contribution is 7.09. The van der Waals surface area contributed by atoms with Crippen molar-refractivity contribution in [2.45, 2.75) is 50.5 Å². The molecule has 2 aliphatic carbocycles. The van der Waals surface area contributed by atoms with E-state index in [4.69, 9.17) is 0 Å².